The third-order valence-corrected chi connectivity index (χ3v) is 0.529. The van der Waals surface area contributed by atoms with E-state index in [1.54, 1.807) is 0 Å². The Hall–Kier alpha value is -0.280. The fourth-order valence-corrected chi connectivity index (χ4v) is 0.0750. The van der Waals surface area contributed by atoms with Gasteiger partial charge in [-0.15, -0.1) is 0 Å². The molecule has 0 unspecified atom stereocenters. The highest BCUT2D eigenvalue weighted by Gasteiger charge is 2.19. The van der Waals surface area contributed by atoms with Gasteiger partial charge in [-0.05, 0) is 0 Å². The first-order valence-corrected chi connectivity index (χ1v) is 1.71. The van der Waals surface area contributed by atoms with Crippen LogP contribution in [0.1, 0.15) is 0 Å². The summed E-state index contributed by atoms with van der Waals surface area (Å²) < 4.78 is 0. The Morgan fingerprint density at radius 3 is 1.25 bits per heavy atom. The van der Waals surface area contributed by atoms with Crippen molar-refractivity contribution in [2.75, 3.05) is 0 Å². The minimum Gasteiger partial charge on any atom is -0.313 e. The van der Waals surface area contributed by atoms with E-state index in [1.807, 2.05) is 0 Å². The molecule has 7 heteroatoms. The van der Waals surface area contributed by atoms with Crippen molar-refractivity contribution in [2.45, 2.75) is 5.91 Å². The summed E-state index contributed by atoms with van der Waals surface area (Å²) in [5, 5.41) is 23.9. The first-order chi connectivity index (χ1) is 3.68. The molecule has 0 rings (SSSR count). The second-order valence-electron chi connectivity index (χ2n) is 1.14. The summed E-state index contributed by atoms with van der Waals surface area (Å²) in [5.41, 5.74) is 8.81. The van der Waals surface area contributed by atoms with Crippen LogP contribution in [0.25, 0.3) is 0 Å². The standard InChI is InChI=1S/CH8N4O3/c2-1(3-6,4-7)5-8/h3-8H,2H2. The smallest absolute Gasteiger partial charge is 0.244 e. The van der Waals surface area contributed by atoms with Gasteiger partial charge in [-0.2, -0.15) is 16.4 Å². The maximum Gasteiger partial charge on any atom is 0.244 e. The van der Waals surface area contributed by atoms with Gasteiger partial charge < -0.3 is 15.6 Å². The Morgan fingerprint density at radius 2 is 1.25 bits per heavy atom. The zero-order valence-corrected chi connectivity index (χ0v) is 3.92. The molecule has 0 aromatic carbocycles. The molecule has 0 saturated heterocycles. The van der Waals surface area contributed by atoms with Crippen LogP contribution < -0.4 is 22.2 Å². The van der Waals surface area contributed by atoms with Gasteiger partial charge in [0, 0.05) is 0 Å². The summed E-state index contributed by atoms with van der Waals surface area (Å²) in [6.07, 6.45) is 0. The normalized spacial score (nSPS) is 12.0. The molecule has 50 valence electrons. The van der Waals surface area contributed by atoms with Crippen LogP contribution in [0.15, 0.2) is 0 Å². The van der Waals surface area contributed by atoms with Crippen LogP contribution in [0.5, 0.6) is 0 Å². The fraction of sp³-hybridized carbons (Fsp3) is 1.00. The Morgan fingerprint density at radius 1 is 1.00 bits per heavy atom. The van der Waals surface area contributed by atoms with E-state index in [0.29, 0.717) is 0 Å². The van der Waals surface area contributed by atoms with E-state index in [2.05, 4.69) is 0 Å². The maximum absolute atomic E-state index is 7.97. The van der Waals surface area contributed by atoms with Crippen molar-refractivity contribution >= 4 is 0 Å². The van der Waals surface area contributed by atoms with Crippen molar-refractivity contribution in [2.24, 2.45) is 5.73 Å². The van der Waals surface area contributed by atoms with Crippen molar-refractivity contribution in [1.82, 2.24) is 16.4 Å². The molecule has 0 bridgehead atoms. The van der Waals surface area contributed by atoms with E-state index in [-0.39, 0.29) is 0 Å². The topological polar surface area (TPSA) is 123 Å². The second kappa shape index (κ2) is 2.89. The highest BCUT2D eigenvalue weighted by atomic mass is 16.6. The molecule has 0 amide bonds. The Labute approximate surface area is 45.0 Å². The Balaban J connectivity index is 3.58. The van der Waals surface area contributed by atoms with Gasteiger partial charge in [-0.1, -0.05) is 0 Å². The largest absolute Gasteiger partial charge is 0.313 e. The Kier molecular flexibility index (Phi) is 2.79. The molecule has 0 aliphatic carbocycles. The summed E-state index contributed by atoms with van der Waals surface area (Å²) in [4.78, 5) is 0. The first-order valence-electron chi connectivity index (χ1n) is 1.71. The molecule has 8 heavy (non-hydrogen) atoms. The molecular weight excluding hydrogens is 116 g/mol. The lowest BCUT2D eigenvalue weighted by molar-refractivity contribution is -0.119. The van der Waals surface area contributed by atoms with E-state index in [0.717, 1.165) is 0 Å². The molecule has 0 aliphatic rings. The predicted molar refractivity (Wildman–Crippen MR) is 21.7 cm³/mol. The quantitative estimate of drug-likeness (QED) is 0.164. The van der Waals surface area contributed by atoms with Gasteiger partial charge in [-0.3, -0.25) is 5.73 Å². The second-order valence-corrected chi connectivity index (χ2v) is 1.14. The van der Waals surface area contributed by atoms with E-state index in [9.17, 15) is 0 Å². The summed E-state index contributed by atoms with van der Waals surface area (Å²) in [5.74, 6) is -1.96. The number of rotatable bonds is 3. The van der Waals surface area contributed by atoms with Crippen LogP contribution in [-0.2, 0) is 0 Å². The molecule has 0 atom stereocenters. The first kappa shape index (κ1) is 7.72. The van der Waals surface area contributed by atoms with Crippen LogP contribution in [0.3, 0.4) is 0 Å². The highest BCUT2D eigenvalue weighted by molar-refractivity contribution is 4.57. The lowest BCUT2D eigenvalue weighted by atomic mass is 10.7. The maximum atomic E-state index is 7.97. The number of hydrogen-bond acceptors (Lipinski definition) is 7. The molecule has 7 nitrogen and oxygen atoms in total. The lowest BCUT2D eigenvalue weighted by Gasteiger charge is -2.22. The number of nitrogens with two attached hydrogens (primary N) is 1. The molecule has 8 N–H and O–H groups in total. The molecule has 0 aliphatic heterocycles. The van der Waals surface area contributed by atoms with Gasteiger partial charge in [-0.25, -0.2) is 0 Å². The monoisotopic (exact) mass is 124 g/mol. The highest BCUT2D eigenvalue weighted by Crippen LogP contribution is 1.72. The van der Waals surface area contributed by atoms with Crippen molar-refractivity contribution in [1.29, 1.82) is 0 Å². The molecule has 0 saturated carbocycles. The van der Waals surface area contributed by atoms with Crippen LogP contribution in [0, 0.1) is 0 Å². The SMILES string of the molecule is NC(NO)(NO)NO. The molecular formula is CH8N4O3. The van der Waals surface area contributed by atoms with Crippen molar-refractivity contribution in [3.63, 3.8) is 0 Å². The minimum absolute atomic E-state index is 1.33. The third-order valence-electron chi connectivity index (χ3n) is 0.529. The van der Waals surface area contributed by atoms with Gasteiger partial charge in [0.15, 0.2) is 0 Å². The fourth-order valence-electron chi connectivity index (χ4n) is 0.0750. The van der Waals surface area contributed by atoms with Crippen LogP contribution in [0.4, 0.5) is 0 Å². The van der Waals surface area contributed by atoms with E-state index in [1.165, 1.54) is 16.4 Å². The molecule has 0 radical (unpaired) electrons. The average molecular weight is 124 g/mol. The molecule has 0 aromatic heterocycles. The zero-order chi connectivity index (χ0) is 6.62. The van der Waals surface area contributed by atoms with E-state index < -0.39 is 5.91 Å². The zero-order valence-electron chi connectivity index (χ0n) is 3.92. The van der Waals surface area contributed by atoms with E-state index >= 15 is 0 Å². The minimum atomic E-state index is -1.96. The summed E-state index contributed by atoms with van der Waals surface area (Å²) >= 11 is 0. The number of hydrogen-bond donors (Lipinski definition) is 7. The van der Waals surface area contributed by atoms with Crippen LogP contribution in [-0.4, -0.2) is 21.5 Å². The van der Waals surface area contributed by atoms with Crippen LogP contribution >= 0.6 is 0 Å². The van der Waals surface area contributed by atoms with Crippen molar-refractivity contribution in [3.8, 4) is 0 Å². The molecule has 0 heterocycles. The summed E-state index contributed by atoms with van der Waals surface area (Å²) in [7, 11) is 0. The average Bonchev–Trinajstić information content (AvgIpc) is 1.87. The van der Waals surface area contributed by atoms with Gasteiger partial charge in [0.25, 0.3) is 0 Å². The Bertz CT molecular complexity index is 54.0. The number of nitrogens with one attached hydrogen (secondary N) is 3. The molecule has 0 aromatic rings. The number of hydroxylamine groups is 3. The van der Waals surface area contributed by atoms with Gasteiger partial charge in [0.05, 0.1) is 0 Å². The summed E-state index contributed by atoms with van der Waals surface area (Å²) in [6, 6.07) is 0. The van der Waals surface area contributed by atoms with Gasteiger partial charge >= 0.3 is 0 Å². The lowest BCUT2D eigenvalue weighted by Crippen LogP contribution is -2.70. The molecule has 0 fully saturated rings. The van der Waals surface area contributed by atoms with E-state index in [4.69, 9.17) is 21.4 Å². The molecule has 0 spiro atoms. The van der Waals surface area contributed by atoms with Crippen LogP contribution in [0.2, 0.25) is 0 Å². The third kappa shape index (κ3) is 1.68. The predicted octanol–water partition coefficient (Wildman–Crippen LogP) is -2.51. The van der Waals surface area contributed by atoms with Crippen molar-refractivity contribution in [3.05, 3.63) is 0 Å². The van der Waals surface area contributed by atoms with Gasteiger partial charge in [0.2, 0.25) is 5.91 Å². The van der Waals surface area contributed by atoms with Crippen molar-refractivity contribution < 1.29 is 15.6 Å². The van der Waals surface area contributed by atoms with Gasteiger partial charge in [0.1, 0.15) is 0 Å². The summed E-state index contributed by atoms with van der Waals surface area (Å²) in [6.45, 7) is 0.